The lowest BCUT2D eigenvalue weighted by atomic mass is 10.1. The van der Waals surface area contributed by atoms with Crippen molar-refractivity contribution in [3.8, 4) is 5.75 Å². The highest BCUT2D eigenvalue weighted by molar-refractivity contribution is 7.92. The van der Waals surface area contributed by atoms with Gasteiger partial charge >= 0.3 is 0 Å². The smallest absolute Gasteiger partial charge is 0.264 e. The molecule has 0 saturated carbocycles. The quantitative estimate of drug-likeness (QED) is 0.242. The van der Waals surface area contributed by atoms with Gasteiger partial charge < -0.3 is 15.0 Å². The molecule has 0 aliphatic carbocycles. The van der Waals surface area contributed by atoms with E-state index in [0.717, 1.165) is 21.9 Å². The molecule has 3 aromatic rings. The maximum atomic E-state index is 14.2. The van der Waals surface area contributed by atoms with E-state index in [1.807, 2.05) is 58.9 Å². The molecule has 0 aromatic heterocycles. The first kappa shape index (κ1) is 32.9. The second-order valence-corrected chi connectivity index (χ2v) is 12.4. The van der Waals surface area contributed by atoms with Gasteiger partial charge in [-0.25, -0.2) is 8.42 Å². The van der Waals surface area contributed by atoms with Crippen molar-refractivity contribution in [3.63, 3.8) is 0 Å². The van der Waals surface area contributed by atoms with Gasteiger partial charge in [-0.3, -0.25) is 13.9 Å². The van der Waals surface area contributed by atoms with Crippen molar-refractivity contribution in [2.24, 2.45) is 0 Å². The second kappa shape index (κ2) is 15.1. The summed E-state index contributed by atoms with van der Waals surface area (Å²) in [5, 5.41) is 3.38. The summed E-state index contributed by atoms with van der Waals surface area (Å²) in [6.07, 6.45) is 1.09. The summed E-state index contributed by atoms with van der Waals surface area (Å²) >= 11 is 6.03. The number of hydrogen-bond donors (Lipinski definition) is 1. The zero-order chi connectivity index (χ0) is 30.9. The zero-order valence-corrected chi connectivity index (χ0v) is 26.4. The van der Waals surface area contributed by atoms with Crippen LogP contribution in [0.1, 0.15) is 51.7 Å². The highest BCUT2D eigenvalue weighted by atomic mass is 35.5. The molecule has 8 nitrogen and oxygen atoms in total. The molecule has 3 rings (SSSR count). The number of hydrogen-bond acceptors (Lipinski definition) is 5. The normalized spacial score (nSPS) is 12.7. The number of aryl methyl sites for hydroxylation is 1. The molecule has 0 aliphatic rings. The molecule has 0 saturated heterocycles. The second-order valence-electron chi connectivity index (χ2n) is 10.1. The molecule has 2 atom stereocenters. The van der Waals surface area contributed by atoms with Crippen LogP contribution < -0.4 is 14.4 Å². The Labute approximate surface area is 254 Å². The van der Waals surface area contributed by atoms with E-state index in [1.165, 1.54) is 29.2 Å². The van der Waals surface area contributed by atoms with Crippen molar-refractivity contribution < 1.29 is 22.7 Å². The lowest BCUT2D eigenvalue weighted by molar-refractivity contribution is -0.140. The van der Waals surface area contributed by atoms with Crippen molar-refractivity contribution in [3.05, 3.63) is 88.9 Å². The summed E-state index contributed by atoms with van der Waals surface area (Å²) in [5.74, 6) is -0.208. The van der Waals surface area contributed by atoms with Crippen LogP contribution in [-0.2, 0) is 26.2 Å². The minimum Gasteiger partial charge on any atom is -0.494 e. The molecule has 10 heteroatoms. The molecular formula is C32H40ClN3O5S. The number of anilines is 1. The third-order valence-corrected chi connectivity index (χ3v) is 8.98. The Morgan fingerprint density at radius 3 is 2.19 bits per heavy atom. The van der Waals surface area contributed by atoms with E-state index in [2.05, 4.69) is 5.32 Å². The van der Waals surface area contributed by atoms with E-state index < -0.39 is 28.5 Å². The van der Waals surface area contributed by atoms with Crippen LogP contribution in [0, 0.1) is 6.92 Å². The molecule has 42 heavy (non-hydrogen) atoms. The minimum absolute atomic E-state index is 0.0135. The standard InChI is InChI=1S/C32H40ClN3O5S/c1-6-24(5)34-32(38)30(7-2)35(21-25-11-9-10-23(4)20-25)31(37)22-36(27-14-16-28(17-15-27)41-8-3)42(39,40)29-18-12-26(33)13-19-29/h9-20,24,30H,6-8,21-22H2,1-5H3,(H,34,38). The first-order chi connectivity index (χ1) is 20.0. The predicted octanol–water partition coefficient (Wildman–Crippen LogP) is 5.96. The van der Waals surface area contributed by atoms with E-state index in [0.29, 0.717) is 23.8 Å². The fraction of sp³-hybridized carbons (Fsp3) is 0.375. The number of ether oxygens (including phenoxy) is 1. The monoisotopic (exact) mass is 613 g/mol. The van der Waals surface area contributed by atoms with Crippen molar-refractivity contribution in [1.82, 2.24) is 10.2 Å². The molecule has 226 valence electrons. The molecular weight excluding hydrogens is 574 g/mol. The fourth-order valence-electron chi connectivity index (χ4n) is 4.51. The molecule has 0 fully saturated rings. The van der Waals surface area contributed by atoms with Gasteiger partial charge in [0.1, 0.15) is 18.3 Å². The van der Waals surface area contributed by atoms with Gasteiger partial charge in [-0.05, 0) is 87.7 Å². The summed E-state index contributed by atoms with van der Waals surface area (Å²) < 4.78 is 34.5. The molecule has 2 unspecified atom stereocenters. The van der Waals surface area contributed by atoms with Crippen LogP contribution in [0.5, 0.6) is 5.75 Å². The van der Waals surface area contributed by atoms with Crippen LogP contribution >= 0.6 is 11.6 Å². The molecule has 2 amide bonds. The predicted molar refractivity (Wildman–Crippen MR) is 167 cm³/mol. The number of carbonyl (C=O) groups is 2. The first-order valence-corrected chi connectivity index (χ1v) is 16.0. The summed E-state index contributed by atoms with van der Waals surface area (Å²) in [7, 11) is -4.19. The number of benzene rings is 3. The van der Waals surface area contributed by atoms with Gasteiger partial charge in [0.15, 0.2) is 0 Å². The summed E-state index contributed by atoms with van der Waals surface area (Å²) in [6.45, 7) is 9.61. The van der Waals surface area contributed by atoms with E-state index in [9.17, 15) is 18.0 Å². The van der Waals surface area contributed by atoms with Crippen molar-refractivity contribution in [2.45, 2.75) is 71.0 Å². The Kier molecular flexibility index (Phi) is 11.8. The van der Waals surface area contributed by atoms with Gasteiger partial charge in [0.25, 0.3) is 10.0 Å². The zero-order valence-electron chi connectivity index (χ0n) is 24.8. The Bertz CT molecular complexity index is 1450. The Balaban J connectivity index is 2.06. The van der Waals surface area contributed by atoms with Crippen LogP contribution in [0.15, 0.2) is 77.7 Å². The maximum absolute atomic E-state index is 14.2. The summed E-state index contributed by atoms with van der Waals surface area (Å²) in [5.41, 5.74) is 2.14. The van der Waals surface area contributed by atoms with Gasteiger partial charge in [-0.1, -0.05) is 55.3 Å². The highest BCUT2D eigenvalue weighted by Crippen LogP contribution is 2.27. The minimum atomic E-state index is -4.19. The molecule has 0 bridgehead atoms. The largest absolute Gasteiger partial charge is 0.494 e. The first-order valence-electron chi connectivity index (χ1n) is 14.2. The molecule has 0 aliphatic heterocycles. The number of nitrogens with one attached hydrogen (secondary N) is 1. The van der Waals surface area contributed by atoms with Crippen LogP contribution in [0.2, 0.25) is 5.02 Å². The van der Waals surface area contributed by atoms with Crippen LogP contribution in [-0.4, -0.2) is 50.4 Å². The number of nitrogens with zero attached hydrogens (tertiary/aromatic N) is 2. The topological polar surface area (TPSA) is 96.0 Å². The Morgan fingerprint density at radius 1 is 0.952 bits per heavy atom. The average molecular weight is 614 g/mol. The summed E-state index contributed by atoms with van der Waals surface area (Å²) in [4.78, 5) is 29.0. The van der Waals surface area contributed by atoms with E-state index in [1.54, 1.807) is 24.3 Å². The van der Waals surface area contributed by atoms with Gasteiger partial charge in [0.05, 0.1) is 17.2 Å². The number of halogens is 1. The van der Waals surface area contributed by atoms with Gasteiger partial charge in [-0.15, -0.1) is 0 Å². The maximum Gasteiger partial charge on any atom is 0.264 e. The van der Waals surface area contributed by atoms with Crippen molar-refractivity contribution in [1.29, 1.82) is 0 Å². The molecule has 0 radical (unpaired) electrons. The molecule has 1 N–H and O–H groups in total. The highest BCUT2D eigenvalue weighted by Gasteiger charge is 2.34. The van der Waals surface area contributed by atoms with E-state index >= 15 is 0 Å². The lowest BCUT2D eigenvalue weighted by Crippen LogP contribution is -2.53. The van der Waals surface area contributed by atoms with Crippen LogP contribution in [0.3, 0.4) is 0 Å². The van der Waals surface area contributed by atoms with Crippen LogP contribution in [0.25, 0.3) is 0 Å². The SMILES string of the molecule is CCOc1ccc(N(CC(=O)N(Cc2cccc(C)c2)C(CC)C(=O)NC(C)CC)S(=O)(=O)c2ccc(Cl)cc2)cc1. The van der Waals surface area contributed by atoms with Crippen molar-refractivity contribution in [2.75, 3.05) is 17.5 Å². The van der Waals surface area contributed by atoms with E-state index in [4.69, 9.17) is 16.3 Å². The van der Waals surface area contributed by atoms with E-state index in [-0.39, 0.29) is 29.1 Å². The van der Waals surface area contributed by atoms with Crippen LogP contribution in [0.4, 0.5) is 5.69 Å². The number of rotatable bonds is 14. The Hall–Kier alpha value is -3.56. The lowest BCUT2D eigenvalue weighted by Gasteiger charge is -2.33. The van der Waals surface area contributed by atoms with Crippen molar-refractivity contribution >= 4 is 39.1 Å². The summed E-state index contributed by atoms with van der Waals surface area (Å²) in [6, 6.07) is 19.1. The Morgan fingerprint density at radius 2 is 1.62 bits per heavy atom. The third-order valence-electron chi connectivity index (χ3n) is 6.94. The van der Waals surface area contributed by atoms with Gasteiger partial charge in [0.2, 0.25) is 11.8 Å². The number of carbonyl (C=O) groups excluding carboxylic acids is 2. The molecule has 0 heterocycles. The molecule has 3 aromatic carbocycles. The van der Waals surface area contributed by atoms with Gasteiger partial charge in [0, 0.05) is 17.6 Å². The number of amides is 2. The average Bonchev–Trinajstić information content (AvgIpc) is 2.96. The third kappa shape index (κ3) is 8.49. The fourth-order valence-corrected chi connectivity index (χ4v) is 6.05. The molecule has 0 spiro atoms. The van der Waals surface area contributed by atoms with Gasteiger partial charge in [-0.2, -0.15) is 0 Å². The number of sulfonamides is 1.